The van der Waals surface area contributed by atoms with Crippen molar-refractivity contribution < 1.29 is 19.6 Å². The van der Waals surface area contributed by atoms with Crippen molar-refractivity contribution >= 4 is 11.7 Å². The number of rotatable bonds is 8. The molecule has 7 nitrogen and oxygen atoms in total. The number of carbonyl (C=O) groups is 1. The fourth-order valence-corrected chi connectivity index (χ4v) is 2.18. The molecule has 0 aliphatic carbocycles. The highest BCUT2D eigenvalue weighted by atomic mass is 16.6. The molecule has 21 heavy (non-hydrogen) atoms. The molecule has 0 aromatic heterocycles. The Morgan fingerprint density at radius 3 is 2.67 bits per heavy atom. The van der Waals surface area contributed by atoms with Crippen molar-refractivity contribution in [3.63, 3.8) is 0 Å². The zero-order chi connectivity index (χ0) is 16.0. The van der Waals surface area contributed by atoms with E-state index in [2.05, 4.69) is 0 Å². The van der Waals surface area contributed by atoms with Crippen LogP contribution in [-0.4, -0.2) is 40.6 Å². The van der Waals surface area contributed by atoms with Crippen LogP contribution in [0.1, 0.15) is 25.8 Å². The van der Waals surface area contributed by atoms with E-state index in [9.17, 15) is 14.9 Å². The van der Waals surface area contributed by atoms with Gasteiger partial charge in [0.25, 0.3) is 5.69 Å². The predicted octanol–water partition coefficient (Wildman–Crippen LogP) is 2.29. The number of nitro groups is 1. The predicted molar refractivity (Wildman–Crippen MR) is 77.4 cm³/mol. The number of nitrogens with zero attached hydrogens (tertiary/aromatic N) is 2. The summed E-state index contributed by atoms with van der Waals surface area (Å²) in [5.41, 5.74) is 0.665. The van der Waals surface area contributed by atoms with Crippen LogP contribution in [0.4, 0.5) is 5.69 Å². The molecule has 0 aliphatic heterocycles. The second-order valence-electron chi connectivity index (χ2n) is 4.76. The normalized spacial score (nSPS) is 12.2. The first-order valence-electron chi connectivity index (χ1n) is 6.66. The molecule has 116 valence electrons. The standard InChI is InChI=1S/C14H20N2O5/c1-4-15(10(2)7-14(17)18)9-11-8-12(16(19)20)5-6-13(11)21-3/h5-6,8,10H,4,7,9H2,1-3H3,(H,17,18). The van der Waals surface area contributed by atoms with Gasteiger partial charge < -0.3 is 9.84 Å². The van der Waals surface area contributed by atoms with Gasteiger partial charge in [-0.25, -0.2) is 0 Å². The first-order valence-corrected chi connectivity index (χ1v) is 6.66. The van der Waals surface area contributed by atoms with Gasteiger partial charge in [-0.1, -0.05) is 6.92 Å². The van der Waals surface area contributed by atoms with E-state index in [0.717, 1.165) is 0 Å². The Hall–Kier alpha value is -2.15. The zero-order valence-corrected chi connectivity index (χ0v) is 12.4. The molecule has 1 aromatic rings. The zero-order valence-electron chi connectivity index (χ0n) is 12.4. The summed E-state index contributed by atoms with van der Waals surface area (Å²) < 4.78 is 5.22. The lowest BCUT2D eigenvalue weighted by molar-refractivity contribution is -0.385. The van der Waals surface area contributed by atoms with Crippen molar-refractivity contribution in [3.8, 4) is 5.75 Å². The maximum Gasteiger partial charge on any atom is 0.304 e. The van der Waals surface area contributed by atoms with Gasteiger partial charge in [0.05, 0.1) is 18.5 Å². The third-order valence-corrected chi connectivity index (χ3v) is 3.35. The lowest BCUT2D eigenvalue weighted by atomic mass is 10.1. The molecule has 1 N–H and O–H groups in total. The number of hydrogen-bond acceptors (Lipinski definition) is 5. The molecule has 0 spiro atoms. The highest BCUT2D eigenvalue weighted by molar-refractivity contribution is 5.67. The summed E-state index contributed by atoms with van der Waals surface area (Å²) in [4.78, 5) is 23.2. The highest BCUT2D eigenvalue weighted by Gasteiger charge is 2.19. The van der Waals surface area contributed by atoms with Crippen molar-refractivity contribution in [1.29, 1.82) is 0 Å². The van der Waals surface area contributed by atoms with Gasteiger partial charge in [-0.2, -0.15) is 0 Å². The van der Waals surface area contributed by atoms with Gasteiger partial charge in [0, 0.05) is 30.3 Å². The molecule has 1 aromatic carbocycles. The number of carboxylic acid groups (broad SMARTS) is 1. The summed E-state index contributed by atoms with van der Waals surface area (Å²) in [5.74, 6) is -0.312. The molecule has 1 unspecified atom stereocenters. The van der Waals surface area contributed by atoms with Gasteiger partial charge in [0.1, 0.15) is 5.75 Å². The number of benzene rings is 1. The third-order valence-electron chi connectivity index (χ3n) is 3.35. The SMILES string of the molecule is CCN(Cc1cc([N+](=O)[O-])ccc1OC)C(C)CC(=O)O. The lowest BCUT2D eigenvalue weighted by Gasteiger charge is -2.27. The Bertz CT molecular complexity index is 518. The molecule has 7 heteroatoms. The van der Waals surface area contributed by atoms with E-state index in [4.69, 9.17) is 9.84 Å². The van der Waals surface area contributed by atoms with Crippen LogP contribution < -0.4 is 4.74 Å². The fraction of sp³-hybridized carbons (Fsp3) is 0.500. The minimum absolute atomic E-state index is 0.00672. The van der Waals surface area contributed by atoms with Gasteiger partial charge >= 0.3 is 5.97 Å². The van der Waals surface area contributed by atoms with E-state index in [1.165, 1.54) is 19.2 Å². The van der Waals surface area contributed by atoms with E-state index >= 15 is 0 Å². The molecule has 0 radical (unpaired) electrons. The number of non-ortho nitro benzene ring substituents is 1. The Kier molecular flexibility index (Phi) is 6.10. The van der Waals surface area contributed by atoms with E-state index < -0.39 is 10.9 Å². The van der Waals surface area contributed by atoms with Crippen LogP contribution in [0.2, 0.25) is 0 Å². The van der Waals surface area contributed by atoms with Gasteiger partial charge in [-0.3, -0.25) is 19.8 Å². The molecule has 0 bridgehead atoms. The molecule has 1 atom stereocenters. The maximum absolute atomic E-state index is 10.9. The highest BCUT2D eigenvalue weighted by Crippen LogP contribution is 2.26. The Morgan fingerprint density at radius 1 is 1.52 bits per heavy atom. The summed E-state index contributed by atoms with van der Waals surface area (Å²) in [7, 11) is 1.50. The molecular formula is C14H20N2O5. The number of ether oxygens (including phenoxy) is 1. The van der Waals surface area contributed by atoms with Crippen LogP contribution in [-0.2, 0) is 11.3 Å². The Morgan fingerprint density at radius 2 is 2.19 bits per heavy atom. The Balaban J connectivity index is 2.99. The molecule has 0 amide bonds. The van der Waals surface area contributed by atoms with Crippen molar-refractivity contribution in [2.24, 2.45) is 0 Å². The van der Waals surface area contributed by atoms with Gasteiger partial charge in [0.15, 0.2) is 0 Å². The van der Waals surface area contributed by atoms with Crippen molar-refractivity contribution in [1.82, 2.24) is 4.90 Å². The van der Waals surface area contributed by atoms with Crippen LogP contribution in [0.5, 0.6) is 5.75 Å². The minimum atomic E-state index is -0.869. The maximum atomic E-state index is 10.9. The molecule has 0 saturated heterocycles. The van der Waals surface area contributed by atoms with Crippen LogP contribution in [0.15, 0.2) is 18.2 Å². The molecular weight excluding hydrogens is 276 g/mol. The van der Waals surface area contributed by atoms with E-state index in [0.29, 0.717) is 24.4 Å². The van der Waals surface area contributed by atoms with E-state index in [1.807, 2.05) is 18.7 Å². The summed E-state index contributed by atoms with van der Waals surface area (Å²) >= 11 is 0. The smallest absolute Gasteiger partial charge is 0.304 e. The second-order valence-corrected chi connectivity index (χ2v) is 4.76. The first kappa shape index (κ1) is 16.9. The van der Waals surface area contributed by atoms with Crippen molar-refractivity contribution in [2.75, 3.05) is 13.7 Å². The average Bonchev–Trinajstić information content (AvgIpc) is 2.43. The van der Waals surface area contributed by atoms with Gasteiger partial charge in [0.2, 0.25) is 0 Å². The summed E-state index contributed by atoms with van der Waals surface area (Å²) in [6.45, 7) is 4.78. The van der Waals surface area contributed by atoms with Gasteiger partial charge in [-0.05, 0) is 19.5 Å². The molecule has 0 heterocycles. The first-order chi connectivity index (χ1) is 9.88. The number of carboxylic acids is 1. The summed E-state index contributed by atoms with van der Waals surface area (Å²) in [6, 6.07) is 4.24. The monoisotopic (exact) mass is 296 g/mol. The van der Waals surface area contributed by atoms with Crippen LogP contribution in [0.25, 0.3) is 0 Å². The molecule has 0 saturated carbocycles. The fourth-order valence-electron chi connectivity index (χ4n) is 2.18. The van der Waals surface area contributed by atoms with Gasteiger partial charge in [-0.15, -0.1) is 0 Å². The van der Waals surface area contributed by atoms with Crippen molar-refractivity contribution in [2.45, 2.75) is 32.9 Å². The third kappa shape index (κ3) is 4.71. The molecule has 0 aliphatic rings. The van der Waals surface area contributed by atoms with Crippen molar-refractivity contribution in [3.05, 3.63) is 33.9 Å². The number of methoxy groups -OCH3 is 1. The number of aliphatic carboxylic acids is 1. The average molecular weight is 296 g/mol. The summed E-state index contributed by atoms with van der Waals surface area (Å²) in [6.07, 6.45) is 0.0189. The largest absolute Gasteiger partial charge is 0.496 e. The van der Waals surface area contributed by atoms with Crippen LogP contribution in [0.3, 0.4) is 0 Å². The second kappa shape index (κ2) is 7.58. The van der Waals surface area contributed by atoms with E-state index in [1.54, 1.807) is 6.07 Å². The summed E-state index contributed by atoms with van der Waals surface area (Å²) in [5, 5.41) is 19.7. The van der Waals surface area contributed by atoms with Crippen LogP contribution in [0, 0.1) is 10.1 Å². The van der Waals surface area contributed by atoms with Crippen LogP contribution >= 0.6 is 0 Å². The van der Waals surface area contributed by atoms with E-state index in [-0.39, 0.29) is 18.2 Å². The number of nitro benzene ring substituents is 1. The quantitative estimate of drug-likeness (QED) is 0.584. The molecule has 0 fully saturated rings. The minimum Gasteiger partial charge on any atom is -0.496 e. The lowest BCUT2D eigenvalue weighted by Crippen LogP contribution is -2.34. The molecule has 1 rings (SSSR count). The Labute approximate surface area is 123 Å². The number of hydrogen-bond donors (Lipinski definition) is 1. The topological polar surface area (TPSA) is 92.9 Å².